The van der Waals surface area contributed by atoms with E-state index in [2.05, 4.69) is 12.2 Å². The Balaban J connectivity index is 1.86. The van der Waals surface area contributed by atoms with Gasteiger partial charge in [0, 0.05) is 17.5 Å². The van der Waals surface area contributed by atoms with Crippen LogP contribution in [0.3, 0.4) is 0 Å². The maximum atomic E-state index is 11.6. The van der Waals surface area contributed by atoms with E-state index in [1.54, 1.807) is 17.4 Å². The lowest BCUT2D eigenvalue weighted by Gasteiger charge is -2.03. The third kappa shape index (κ3) is 10.6. The molecular formula is C19H31NOS. The molecule has 0 saturated carbocycles. The zero-order valence-corrected chi connectivity index (χ0v) is 14.8. The molecule has 1 heterocycles. The molecule has 0 aliphatic heterocycles. The van der Waals surface area contributed by atoms with Crippen LogP contribution < -0.4 is 5.32 Å². The highest BCUT2D eigenvalue weighted by molar-refractivity contribution is 7.10. The molecule has 0 saturated heterocycles. The van der Waals surface area contributed by atoms with Crippen molar-refractivity contribution < 1.29 is 4.79 Å². The Morgan fingerprint density at radius 3 is 2.27 bits per heavy atom. The Bertz CT molecular complexity index is 398. The van der Waals surface area contributed by atoms with Crippen molar-refractivity contribution in [1.29, 1.82) is 0 Å². The summed E-state index contributed by atoms with van der Waals surface area (Å²) in [5.74, 6) is 0.0179. The summed E-state index contributed by atoms with van der Waals surface area (Å²) in [5, 5.41) is 4.96. The normalized spacial score (nSPS) is 11.1. The van der Waals surface area contributed by atoms with Crippen LogP contribution in [-0.4, -0.2) is 12.5 Å². The van der Waals surface area contributed by atoms with Gasteiger partial charge in [-0.25, -0.2) is 0 Å². The lowest BCUT2D eigenvalue weighted by molar-refractivity contribution is -0.116. The molecule has 0 bridgehead atoms. The minimum Gasteiger partial charge on any atom is -0.353 e. The van der Waals surface area contributed by atoms with E-state index in [1.807, 2.05) is 23.6 Å². The molecule has 1 N–H and O–H groups in total. The molecule has 124 valence electrons. The summed E-state index contributed by atoms with van der Waals surface area (Å²) in [6.07, 6.45) is 16.8. The molecule has 0 aliphatic carbocycles. The molecule has 0 unspecified atom stereocenters. The van der Waals surface area contributed by atoms with Crippen molar-refractivity contribution in [2.24, 2.45) is 0 Å². The molecule has 0 atom stereocenters. The molecule has 0 radical (unpaired) electrons. The van der Waals surface area contributed by atoms with Crippen LogP contribution in [-0.2, 0) is 4.79 Å². The van der Waals surface area contributed by atoms with E-state index in [0.29, 0.717) is 0 Å². The summed E-state index contributed by atoms with van der Waals surface area (Å²) in [7, 11) is 0. The Morgan fingerprint density at radius 2 is 1.68 bits per heavy atom. The van der Waals surface area contributed by atoms with Crippen LogP contribution in [0.1, 0.15) is 76.0 Å². The first-order valence-corrected chi connectivity index (χ1v) is 9.70. The van der Waals surface area contributed by atoms with Gasteiger partial charge in [0.2, 0.25) is 5.91 Å². The Labute approximate surface area is 140 Å². The van der Waals surface area contributed by atoms with Gasteiger partial charge in [-0.1, -0.05) is 70.8 Å². The van der Waals surface area contributed by atoms with E-state index in [9.17, 15) is 4.79 Å². The Hall–Kier alpha value is -1.09. The third-order valence-corrected chi connectivity index (χ3v) is 4.61. The standard InChI is InChI=1S/C19H31NOS/c1-2-3-4-5-6-7-8-9-10-11-16-20-19(21)15-14-18-13-12-17-22-18/h12-15,17H,2-11,16H2,1H3,(H,20,21). The van der Waals surface area contributed by atoms with Gasteiger partial charge < -0.3 is 5.32 Å². The maximum Gasteiger partial charge on any atom is 0.244 e. The molecule has 1 aromatic rings. The second-order valence-corrected chi connectivity index (χ2v) is 6.80. The number of carbonyl (C=O) groups excluding carboxylic acids is 1. The SMILES string of the molecule is CCCCCCCCCCCCNC(=O)C=Cc1cccs1. The lowest BCUT2D eigenvalue weighted by Crippen LogP contribution is -2.21. The molecule has 1 amide bonds. The van der Waals surface area contributed by atoms with Gasteiger partial charge in [-0.05, 0) is 23.9 Å². The fourth-order valence-corrected chi connectivity index (χ4v) is 3.04. The molecule has 0 aromatic carbocycles. The minimum absolute atomic E-state index is 0.0179. The summed E-state index contributed by atoms with van der Waals surface area (Å²) >= 11 is 1.64. The Morgan fingerprint density at radius 1 is 1.05 bits per heavy atom. The van der Waals surface area contributed by atoms with Gasteiger partial charge in [0.1, 0.15) is 0 Å². The van der Waals surface area contributed by atoms with Crippen LogP contribution in [0.15, 0.2) is 23.6 Å². The highest BCUT2D eigenvalue weighted by Crippen LogP contribution is 2.11. The molecule has 2 nitrogen and oxygen atoms in total. The van der Waals surface area contributed by atoms with Crippen molar-refractivity contribution in [1.82, 2.24) is 5.32 Å². The number of thiophene rings is 1. The van der Waals surface area contributed by atoms with Crippen molar-refractivity contribution in [2.75, 3.05) is 6.54 Å². The molecule has 0 spiro atoms. The van der Waals surface area contributed by atoms with E-state index in [4.69, 9.17) is 0 Å². The van der Waals surface area contributed by atoms with Crippen molar-refractivity contribution in [2.45, 2.75) is 71.1 Å². The second-order valence-electron chi connectivity index (χ2n) is 5.82. The average molecular weight is 322 g/mol. The van der Waals surface area contributed by atoms with Crippen LogP contribution in [0.25, 0.3) is 6.08 Å². The smallest absolute Gasteiger partial charge is 0.244 e. The van der Waals surface area contributed by atoms with Gasteiger partial charge in [-0.3, -0.25) is 4.79 Å². The van der Waals surface area contributed by atoms with Gasteiger partial charge in [-0.15, -0.1) is 11.3 Å². The van der Waals surface area contributed by atoms with Gasteiger partial charge in [0.05, 0.1) is 0 Å². The maximum absolute atomic E-state index is 11.6. The van der Waals surface area contributed by atoms with Gasteiger partial charge in [0.15, 0.2) is 0 Å². The van der Waals surface area contributed by atoms with Crippen molar-refractivity contribution in [3.05, 3.63) is 28.5 Å². The van der Waals surface area contributed by atoms with E-state index in [0.717, 1.165) is 17.8 Å². The quantitative estimate of drug-likeness (QED) is 0.361. The monoisotopic (exact) mass is 321 g/mol. The molecule has 22 heavy (non-hydrogen) atoms. The first kappa shape index (κ1) is 19.0. The summed E-state index contributed by atoms with van der Waals surface area (Å²) in [4.78, 5) is 12.7. The van der Waals surface area contributed by atoms with Crippen LogP contribution >= 0.6 is 11.3 Å². The zero-order chi connectivity index (χ0) is 15.9. The van der Waals surface area contributed by atoms with Crippen LogP contribution in [0, 0.1) is 0 Å². The van der Waals surface area contributed by atoms with Crippen LogP contribution in [0.5, 0.6) is 0 Å². The number of rotatable bonds is 13. The molecule has 0 aliphatic rings. The number of amides is 1. The van der Waals surface area contributed by atoms with E-state index >= 15 is 0 Å². The minimum atomic E-state index is 0.0179. The summed E-state index contributed by atoms with van der Waals surface area (Å²) < 4.78 is 0. The van der Waals surface area contributed by atoms with Crippen LogP contribution in [0.4, 0.5) is 0 Å². The highest BCUT2D eigenvalue weighted by Gasteiger charge is 1.96. The topological polar surface area (TPSA) is 29.1 Å². The molecule has 3 heteroatoms. The molecule has 1 aromatic heterocycles. The number of carbonyl (C=O) groups is 1. The van der Waals surface area contributed by atoms with E-state index in [-0.39, 0.29) is 5.91 Å². The highest BCUT2D eigenvalue weighted by atomic mass is 32.1. The average Bonchev–Trinajstić information content (AvgIpc) is 3.04. The number of unbranched alkanes of at least 4 members (excludes halogenated alkanes) is 9. The summed E-state index contributed by atoms with van der Waals surface area (Å²) in [5.41, 5.74) is 0. The van der Waals surface area contributed by atoms with Gasteiger partial charge in [-0.2, -0.15) is 0 Å². The van der Waals surface area contributed by atoms with Gasteiger partial charge in [0.25, 0.3) is 0 Å². The Kier molecular flexibility index (Phi) is 11.7. The predicted octanol–water partition coefficient (Wildman–Crippen LogP) is 5.80. The fraction of sp³-hybridized carbons (Fsp3) is 0.632. The van der Waals surface area contributed by atoms with E-state index in [1.165, 1.54) is 57.8 Å². The second kappa shape index (κ2) is 13.6. The molecule has 0 fully saturated rings. The van der Waals surface area contributed by atoms with Crippen molar-refractivity contribution in [3.8, 4) is 0 Å². The zero-order valence-electron chi connectivity index (χ0n) is 14.0. The molecule has 1 rings (SSSR count). The fourth-order valence-electron chi connectivity index (χ4n) is 2.43. The number of nitrogens with one attached hydrogen (secondary N) is 1. The molecular weight excluding hydrogens is 290 g/mol. The van der Waals surface area contributed by atoms with Crippen molar-refractivity contribution in [3.63, 3.8) is 0 Å². The van der Waals surface area contributed by atoms with E-state index < -0.39 is 0 Å². The lowest BCUT2D eigenvalue weighted by atomic mass is 10.1. The largest absolute Gasteiger partial charge is 0.353 e. The number of hydrogen-bond acceptors (Lipinski definition) is 2. The third-order valence-electron chi connectivity index (χ3n) is 3.77. The van der Waals surface area contributed by atoms with Crippen LogP contribution in [0.2, 0.25) is 0 Å². The predicted molar refractivity (Wildman–Crippen MR) is 98.2 cm³/mol. The van der Waals surface area contributed by atoms with Crippen molar-refractivity contribution >= 4 is 23.3 Å². The first-order chi connectivity index (χ1) is 10.8. The number of hydrogen-bond donors (Lipinski definition) is 1. The summed E-state index contributed by atoms with van der Waals surface area (Å²) in [6, 6.07) is 4.00. The van der Waals surface area contributed by atoms with Gasteiger partial charge >= 0.3 is 0 Å². The summed E-state index contributed by atoms with van der Waals surface area (Å²) in [6.45, 7) is 3.06. The first-order valence-electron chi connectivity index (χ1n) is 8.82.